The van der Waals surface area contributed by atoms with Gasteiger partial charge < -0.3 is 9.84 Å². The Morgan fingerprint density at radius 1 is 1.43 bits per heavy atom. The molecule has 0 radical (unpaired) electrons. The third-order valence-corrected chi connectivity index (χ3v) is 5.09. The number of terminal acetylenes is 1. The van der Waals surface area contributed by atoms with Crippen LogP contribution in [0.2, 0.25) is 0 Å². The zero-order valence-electron chi connectivity index (χ0n) is 16.4. The highest BCUT2D eigenvalue weighted by Gasteiger charge is 2.43. The Kier molecular flexibility index (Phi) is 7.15. The van der Waals surface area contributed by atoms with Crippen LogP contribution in [0.4, 0.5) is 9.18 Å². The molecule has 1 aliphatic carbocycles. The van der Waals surface area contributed by atoms with Crippen LogP contribution in [0.15, 0.2) is 54.4 Å². The number of carbonyl (C=O) groups is 2. The molecule has 3 atom stereocenters. The van der Waals surface area contributed by atoms with Gasteiger partial charge in [0, 0.05) is 18.2 Å². The predicted octanol–water partition coefficient (Wildman–Crippen LogP) is 3.46. The average Bonchev–Trinajstić information content (AvgIpc) is 2.91. The van der Waals surface area contributed by atoms with Gasteiger partial charge in [0.15, 0.2) is 0 Å². The zero-order valence-corrected chi connectivity index (χ0v) is 16.4. The van der Waals surface area contributed by atoms with Crippen LogP contribution in [0.3, 0.4) is 0 Å². The molecule has 0 saturated carbocycles. The number of allylic oxidation sites excluding steroid dienone is 5. The first kappa shape index (κ1) is 21.5. The van der Waals surface area contributed by atoms with Gasteiger partial charge in [-0.05, 0) is 30.9 Å². The van der Waals surface area contributed by atoms with E-state index in [1.165, 1.54) is 6.20 Å². The Balaban J connectivity index is 1.84. The molecule has 7 heteroatoms. The van der Waals surface area contributed by atoms with Crippen LogP contribution in [-0.4, -0.2) is 39.6 Å². The monoisotopic (exact) mass is 410 g/mol. The zero-order chi connectivity index (χ0) is 21.5. The average molecular weight is 410 g/mol. The minimum Gasteiger partial charge on any atom is -0.447 e. The van der Waals surface area contributed by atoms with Crippen LogP contribution in [0.25, 0.3) is 0 Å². The van der Waals surface area contributed by atoms with E-state index < -0.39 is 35.9 Å². The molecule has 1 aliphatic heterocycles. The van der Waals surface area contributed by atoms with Crippen molar-refractivity contribution in [3.05, 3.63) is 65.8 Å². The second kappa shape index (κ2) is 9.99. The molecule has 6 nitrogen and oxygen atoms in total. The fraction of sp³-hybridized carbons (Fsp3) is 0.348. The number of rotatable bonds is 7. The summed E-state index contributed by atoms with van der Waals surface area (Å²) in [5, 5.41) is 10.8. The standard InChI is InChI=1S/C23H23FN2O4/c1-2-3-10-20(21(27)17-12-18(24)14-25-13-17)22(28)26-19(15-30-23(26)29)11-16-8-6-4-5-7-9-16/h1,4,6-9,12-14,19-21,27H,3,5,10-11,15H2/t19-,20+,21+/m0/s1. The van der Waals surface area contributed by atoms with E-state index in [9.17, 15) is 19.1 Å². The largest absolute Gasteiger partial charge is 0.447 e. The number of hydrogen-bond acceptors (Lipinski definition) is 5. The molecule has 2 heterocycles. The SMILES string of the molecule is C#CCC[C@@H](C(=O)N1C(=O)OC[C@@H]1CC1=CC=CCC=C1)[C@H](O)c1cncc(F)c1. The van der Waals surface area contributed by atoms with Crippen molar-refractivity contribution in [3.63, 3.8) is 0 Å². The summed E-state index contributed by atoms with van der Waals surface area (Å²) in [7, 11) is 0. The van der Waals surface area contributed by atoms with Crippen molar-refractivity contribution in [1.82, 2.24) is 9.88 Å². The number of aromatic nitrogens is 1. The first-order valence-corrected chi connectivity index (χ1v) is 9.75. The number of cyclic esters (lactones) is 1. The highest BCUT2D eigenvalue weighted by atomic mass is 19.1. The molecule has 3 rings (SSSR count). The molecule has 1 N–H and O–H groups in total. The Hall–Kier alpha value is -3.24. The highest BCUT2D eigenvalue weighted by Crippen LogP contribution is 2.31. The van der Waals surface area contributed by atoms with Crippen molar-refractivity contribution in [2.45, 2.75) is 37.8 Å². The van der Waals surface area contributed by atoms with Crippen molar-refractivity contribution in [2.24, 2.45) is 5.92 Å². The second-order valence-corrected chi connectivity index (χ2v) is 7.18. The van der Waals surface area contributed by atoms with Gasteiger partial charge in [-0.3, -0.25) is 9.78 Å². The molecular weight excluding hydrogens is 387 g/mol. The maximum Gasteiger partial charge on any atom is 0.416 e. The Morgan fingerprint density at radius 3 is 3.03 bits per heavy atom. The maximum atomic E-state index is 13.6. The van der Waals surface area contributed by atoms with Crippen molar-refractivity contribution < 1.29 is 23.8 Å². The first-order valence-electron chi connectivity index (χ1n) is 9.75. The second-order valence-electron chi connectivity index (χ2n) is 7.18. The lowest BCUT2D eigenvalue weighted by atomic mass is 9.90. The number of aliphatic hydroxyl groups is 1. The normalized spacial score (nSPS) is 20.2. The topological polar surface area (TPSA) is 79.7 Å². The lowest BCUT2D eigenvalue weighted by Gasteiger charge is -2.28. The van der Waals surface area contributed by atoms with Gasteiger partial charge in [-0.2, -0.15) is 0 Å². The Morgan fingerprint density at radius 2 is 2.27 bits per heavy atom. The molecule has 0 bridgehead atoms. The van der Waals surface area contributed by atoms with Crippen LogP contribution < -0.4 is 0 Å². The fourth-order valence-electron chi connectivity index (χ4n) is 3.57. The molecular formula is C23H23FN2O4. The maximum absolute atomic E-state index is 13.6. The van der Waals surface area contributed by atoms with E-state index in [0.29, 0.717) is 6.42 Å². The van der Waals surface area contributed by atoms with Crippen molar-refractivity contribution in [2.75, 3.05) is 6.61 Å². The van der Waals surface area contributed by atoms with E-state index in [1.54, 1.807) is 0 Å². The van der Waals surface area contributed by atoms with Crippen LogP contribution in [0.1, 0.15) is 37.4 Å². The Bertz CT molecular complexity index is 931. The summed E-state index contributed by atoms with van der Waals surface area (Å²) in [5.74, 6) is 0.186. The van der Waals surface area contributed by atoms with Crippen molar-refractivity contribution >= 4 is 12.0 Å². The van der Waals surface area contributed by atoms with Gasteiger partial charge in [0.25, 0.3) is 0 Å². The minimum atomic E-state index is -1.36. The van der Waals surface area contributed by atoms with E-state index in [1.807, 2.05) is 30.4 Å². The number of amides is 2. The van der Waals surface area contributed by atoms with Crippen LogP contribution >= 0.6 is 0 Å². The molecule has 30 heavy (non-hydrogen) atoms. The van der Waals surface area contributed by atoms with Gasteiger partial charge >= 0.3 is 6.09 Å². The number of pyridine rings is 1. The summed E-state index contributed by atoms with van der Waals surface area (Å²) in [6.07, 6.45) is 16.9. The summed E-state index contributed by atoms with van der Waals surface area (Å²) in [6, 6.07) is 0.611. The molecule has 156 valence electrons. The summed E-state index contributed by atoms with van der Waals surface area (Å²) < 4.78 is 18.7. The third-order valence-electron chi connectivity index (χ3n) is 5.09. The van der Waals surface area contributed by atoms with E-state index in [-0.39, 0.29) is 25.0 Å². The summed E-state index contributed by atoms with van der Waals surface area (Å²) in [4.78, 5) is 30.5. The lowest BCUT2D eigenvalue weighted by molar-refractivity contribution is -0.137. The van der Waals surface area contributed by atoms with Crippen LogP contribution in [0.5, 0.6) is 0 Å². The minimum absolute atomic E-state index is 0.0684. The van der Waals surface area contributed by atoms with Crippen LogP contribution in [0, 0.1) is 24.1 Å². The van der Waals surface area contributed by atoms with E-state index >= 15 is 0 Å². The van der Waals surface area contributed by atoms with Gasteiger partial charge in [0.1, 0.15) is 12.4 Å². The molecule has 1 aromatic rings. The molecule has 0 aromatic carbocycles. The third kappa shape index (κ3) is 5.02. The molecule has 2 aliphatic rings. The molecule has 0 spiro atoms. The van der Waals surface area contributed by atoms with Gasteiger partial charge in [-0.25, -0.2) is 14.1 Å². The van der Waals surface area contributed by atoms with Crippen molar-refractivity contribution in [1.29, 1.82) is 0 Å². The van der Waals surface area contributed by atoms with E-state index in [4.69, 9.17) is 11.2 Å². The van der Waals surface area contributed by atoms with Gasteiger partial charge in [0.05, 0.1) is 24.3 Å². The number of halogens is 1. The summed E-state index contributed by atoms with van der Waals surface area (Å²) in [5.41, 5.74) is 1.11. The smallest absolute Gasteiger partial charge is 0.416 e. The van der Waals surface area contributed by atoms with E-state index in [2.05, 4.69) is 10.9 Å². The lowest BCUT2D eigenvalue weighted by Crippen LogP contribution is -2.44. The first-order chi connectivity index (χ1) is 14.5. The predicted molar refractivity (Wildman–Crippen MR) is 108 cm³/mol. The Labute approximate surface area is 174 Å². The number of aliphatic hydroxyl groups excluding tert-OH is 1. The van der Waals surface area contributed by atoms with Crippen molar-refractivity contribution in [3.8, 4) is 12.3 Å². The highest BCUT2D eigenvalue weighted by molar-refractivity contribution is 5.95. The summed E-state index contributed by atoms with van der Waals surface area (Å²) in [6.45, 7) is 0.0684. The van der Waals surface area contributed by atoms with Gasteiger partial charge in [0.2, 0.25) is 5.91 Å². The van der Waals surface area contributed by atoms with Crippen LogP contribution in [-0.2, 0) is 9.53 Å². The number of nitrogens with zero attached hydrogens (tertiary/aromatic N) is 2. The van der Waals surface area contributed by atoms with Gasteiger partial charge in [-0.1, -0.05) is 30.4 Å². The number of hydrogen-bond donors (Lipinski definition) is 1. The van der Waals surface area contributed by atoms with E-state index in [0.717, 1.165) is 29.2 Å². The molecule has 1 aromatic heterocycles. The summed E-state index contributed by atoms with van der Waals surface area (Å²) >= 11 is 0. The molecule has 1 fully saturated rings. The molecule has 0 unspecified atom stereocenters. The number of imide groups is 1. The molecule has 1 saturated heterocycles. The van der Waals surface area contributed by atoms with Gasteiger partial charge in [-0.15, -0.1) is 12.3 Å². The number of ether oxygens (including phenoxy) is 1. The quantitative estimate of drug-likeness (QED) is 0.697. The fourth-order valence-corrected chi connectivity index (χ4v) is 3.57. The molecule has 2 amide bonds. The number of carbonyl (C=O) groups excluding carboxylic acids is 2.